The Hall–Kier alpha value is -0.820. The number of hydrogen-bond donors (Lipinski definition) is 2. The summed E-state index contributed by atoms with van der Waals surface area (Å²) in [5, 5.41) is 5.90. The molecule has 7 heteroatoms. The smallest absolute Gasteiger partial charge is 0.379 e. The van der Waals surface area contributed by atoms with Crippen molar-refractivity contribution >= 4 is 5.91 Å². The Morgan fingerprint density at radius 2 is 1.80 bits per heavy atom. The first-order chi connectivity index (χ1) is 9.41. The first kappa shape index (κ1) is 15.6. The van der Waals surface area contributed by atoms with Crippen molar-refractivity contribution < 1.29 is 22.7 Å². The quantitative estimate of drug-likeness (QED) is 0.828. The second-order valence-electron chi connectivity index (χ2n) is 5.64. The van der Waals surface area contributed by atoms with Gasteiger partial charge in [0.05, 0.1) is 25.0 Å². The van der Waals surface area contributed by atoms with E-state index in [0.717, 1.165) is 0 Å². The first-order valence-electron chi connectivity index (χ1n) is 7.04. The zero-order valence-corrected chi connectivity index (χ0v) is 11.5. The van der Waals surface area contributed by atoms with Gasteiger partial charge in [-0.05, 0) is 32.7 Å². The van der Waals surface area contributed by atoms with Crippen LogP contribution >= 0.6 is 0 Å². The van der Waals surface area contributed by atoms with Crippen molar-refractivity contribution in [2.75, 3.05) is 20.3 Å². The van der Waals surface area contributed by atoms with Crippen LogP contribution in [0.25, 0.3) is 0 Å². The van der Waals surface area contributed by atoms with Crippen LogP contribution in [0.4, 0.5) is 13.2 Å². The number of halogens is 3. The van der Waals surface area contributed by atoms with Crippen molar-refractivity contribution in [3.05, 3.63) is 0 Å². The van der Waals surface area contributed by atoms with Crippen LogP contribution in [0, 0.1) is 11.8 Å². The molecule has 4 nitrogen and oxygen atoms in total. The van der Waals surface area contributed by atoms with Gasteiger partial charge in [0.2, 0.25) is 5.91 Å². The van der Waals surface area contributed by atoms with Gasteiger partial charge < -0.3 is 15.4 Å². The van der Waals surface area contributed by atoms with E-state index in [1.165, 1.54) is 0 Å². The molecule has 1 saturated heterocycles. The zero-order chi connectivity index (χ0) is 14.8. The Labute approximate surface area is 116 Å². The predicted octanol–water partition coefficient (Wildman–Crippen LogP) is 1.46. The Balaban J connectivity index is 1.79. The molecule has 1 amide bonds. The van der Waals surface area contributed by atoms with E-state index >= 15 is 0 Å². The second kappa shape index (κ2) is 6.30. The fourth-order valence-electron chi connectivity index (χ4n) is 2.97. The Morgan fingerprint density at radius 1 is 1.15 bits per heavy atom. The van der Waals surface area contributed by atoms with E-state index in [1.807, 2.05) is 0 Å². The highest BCUT2D eigenvalue weighted by atomic mass is 19.4. The molecule has 1 heterocycles. The third-order valence-electron chi connectivity index (χ3n) is 4.32. The summed E-state index contributed by atoms with van der Waals surface area (Å²) in [6.07, 6.45) is -3.11. The average Bonchev–Trinajstić information content (AvgIpc) is 2.86. The molecule has 2 aliphatic rings. The van der Waals surface area contributed by atoms with Gasteiger partial charge >= 0.3 is 6.18 Å². The molecule has 2 rings (SSSR count). The van der Waals surface area contributed by atoms with Crippen molar-refractivity contribution in [1.82, 2.24) is 10.6 Å². The number of likely N-dealkylation sites (N-methyl/N-ethyl adjacent to an activating group) is 1. The minimum atomic E-state index is -4.11. The van der Waals surface area contributed by atoms with E-state index in [0.29, 0.717) is 26.1 Å². The van der Waals surface area contributed by atoms with E-state index in [2.05, 4.69) is 10.6 Å². The summed E-state index contributed by atoms with van der Waals surface area (Å²) in [5.74, 6) is -1.58. The van der Waals surface area contributed by atoms with Gasteiger partial charge in [0.1, 0.15) is 0 Å². The van der Waals surface area contributed by atoms with Gasteiger partial charge in [-0.1, -0.05) is 0 Å². The first-order valence-corrected chi connectivity index (χ1v) is 7.04. The summed E-state index contributed by atoms with van der Waals surface area (Å²) in [6.45, 7) is 0.866. The Kier molecular flexibility index (Phi) is 4.90. The van der Waals surface area contributed by atoms with Gasteiger partial charge in [0.25, 0.3) is 0 Å². The van der Waals surface area contributed by atoms with E-state index in [-0.39, 0.29) is 36.8 Å². The lowest BCUT2D eigenvalue weighted by Gasteiger charge is -2.31. The molecule has 0 aromatic carbocycles. The van der Waals surface area contributed by atoms with E-state index in [9.17, 15) is 18.0 Å². The highest BCUT2D eigenvalue weighted by Gasteiger charge is 2.42. The van der Waals surface area contributed by atoms with Gasteiger partial charge in [-0.3, -0.25) is 4.79 Å². The zero-order valence-electron chi connectivity index (χ0n) is 11.5. The van der Waals surface area contributed by atoms with Crippen molar-refractivity contribution in [2.45, 2.75) is 43.9 Å². The highest BCUT2D eigenvalue weighted by Crippen LogP contribution is 2.37. The molecule has 20 heavy (non-hydrogen) atoms. The molecule has 0 radical (unpaired) electrons. The number of carbonyl (C=O) groups is 1. The topological polar surface area (TPSA) is 50.4 Å². The van der Waals surface area contributed by atoms with Crippen LogP contribution < -0.4 is 10.6 Å². The third kappa shape index (κ3) is 3.63. The standard InChI is InChI=1S/C13H21F3N2O2/c1-17-11-7-20-6-10(11)12(19)18-9-4-2-8(3-5-9)13(14,15)16/h8-11,17H,2-7H2,1H3,(H,18,19). The molecule has 1 aliphatic heterocycles. The normalized spacial score (nSPS) is 35.0. The molecule has 0 spiro atoms. The summed E-state index contributed by atoms with van der Waals surface area (Å²) in [5.41, 5.74) is 0. The maximum absolute atomic E-state index is 12.6. The molecular formula is C13H21F3N2O2. The SMILES string of the molecule is CNC1COCC1C(=O)NC1CCC(C(F)(F)F)CC1. The molecule has 1 saturated carbocycles. The summed E-state index contributed by atoms with van der Waals surface area (Å²) in [7, 11) is 1.77. The van der Waals surface area contributed by atoms with E-state index in [1.54, 1.807) is 7.05 Å². The van der Waals surface area contributed by atoms with Gasteiger partial charge in [-0.2, -0.15) is 13.2 Å². The van der Waals surface area contributed by atoms with Crippen molar-refractivity contribution in [3.8, 4) is 0 Å². The molecule has 0 bridgehead atoms. The lowest BCUT2D eigenvalue weighted by Crippen LogP contribution is -2.47. The number of nitrogens with one attached hydrogen (secondary N) is 2. The second-order valence-corrected chi connectivity index (χ2v) is 5.64. The predicted molar refractivity (Wildman–Crippen MR) is 67.1 cm³/mol. The molecule has 116 valence electrons. The van der Waals surface area contributed by atoms with Crippen LogP contribution in [0.3, 0.4) is 0 Å². The molecule has 2 N–H and O–H groups in total. The summed E-state index contributed by atoms with van der Waals surface area (Å²) >= 11 is 0. The number of amides is 1. The average molecular weight is 294 g/mol. The van der Waals surface area contributed by atoms with Crippen LogP contribution in [-0.4, -0.2) is 44.4 Å². The summed E-state index contributed by atoms with van der Waals surface area (Å²) < 4.78 is 42.9. The number of rotatable bonds is 3. The van der Waals surface area contributed by atoms with Crippen LogP contribution in [0.5, 0.6) is 0 Å². The Bertz CT molecular complexity index is 341. The molecule has 2 fully saturated rings. The van der Waals surface area contributed by atoms with Crippen molar-refractivity contribution in [3.63, 3.8) is 0 Å². The number of ether oxygens (including phenoxy) is 1. The minimum Gasteiger partial charge on any atom is -0.379 e. The van der Waals surface area contributed by atoms with Crippen LogP contribution in [0.1, 0.15) is 25.7 Å². The maximum atomic E-state index is 12.6. The summed E-state index contributed by atoms with van der Waals surface area (Å²) in [4.78, 5) is 12.1. The number of carbonyl (C=O) groups excluding carboxylic acids is 1. The monoisotopic (exact) mass is 294 g/mol. The third-order valence-corrected chi connectivity index (χ3v) is 4.32. The number of hydrogen-bond acceptors (Lipinski definition) is 3. The Morgan fingerprint density at radius 3 is 2.35 bits per heavy atom. The van der Waals surface area contributed by atoms with Gasteiger partial charge in [0.15, 0.2) is 0 Å². The highest BCUT2D eigenvalue weighted by molar-refractivity contribution is 5.80. The molecule has 0 aromatic rings. The maximum Gasteiger partial charge on any atom is 0.391 e. The molecule has 1 aliphatic carbocycles. The van der Waals surface area contributed by atoms with Crippen molar-refractivity contribution in [1.29, 1.82) is 0 Å². The van der Waals surface area contributed by atoms with Crippen molar-refractivity contribution in [2.24, 2.45) is 11.8 Å². The van der Waals surface area contributed by atoms with Gasteiger partial charge in [-0.25, -0.2) is 0 Å². The fourth-order valence-corrected chi connectivity index (χ4v) is 2.97. The summed E-state index contributed by atoms with van der Waals surface area (Å²) in [6, 6.07) is -0.152. The van der Waals surface area contributed by atoms with Crippen LogP contribution in [0.2, 0.25) is 0 Å². The van der Waals surface area contributed by atoms with Gasteiger partial charge in [0, 0.05) is 12.1 Å². The largest absolute Gasteiger partial charge is 0.391 e. The minimum absolute atomic E-state index is 0.0125. The van der Waals surface area contributed by atoms with Crippen LogP contribution in [0.15, 0.2) is 0 Å². The lowest BCUT2D eigenvalue weighted by molar-refractivity contribution is -0.182. The molecule has 2 atom stereocenters. The lowest BCUT2D eigenvalue weighted by atomic mass is 9.85. The van der Waals surface area contributed by atoms with E-state index < -0.39 is 12.1 Å². The van der Waals surface area contributed by atoms with E-state index in [4.69, 9.17) is 4.74 Å². The molecule has 0 aromatic heterocycles. The van der Waals surface area contributed by atoms with Gasteiger partial charge in [-0.15, -0.1) is 0 Å². The van der Waals surface area contributed by atoms with Crippen LogP contribution in [-0.2, 0) is 9.53 Å². The molecular weight excluding hydrogens is 273 g/mol. The number of alkyl halides is 3. The fraction of sp³-hybridized carbons (Fsp3) is 0.923. The molecule has 2 unspecified atom stereocenters.